The molecule has 0 aliphatic heterocycles. The van der Waals surface area contributed by atoms with Crippen molar-refractivity contribution in [3.8, 4) is 5.75 Å². The van der Waals surface area contributed by atoms with Crippen LogP contribution in [0.2, 0.25) is 5.02 Å². The Morgan fingerprint density at radius 3 is 2.25 bits per heavy atom. The van der Waals surface area contributed by atoms with Gasteiger partial charge in [-0.1, -0.05) is 62.2 Å². The van der Waals surface area contributed by atoms with Gasteiger partial charge < -0.3 is 15.0 Å². The van der Waals surface area contributed by atoms with E-state index < -0.39 is 28.5 Å². The van der Waals surface area contributed by atoms with Gasteiger partial charge in [0.2, 0.25) is 21.8 Å². The molecule has 0 heterocycles. The molecule has 8 nitrogen and oxygen atoms in total. The summed E-state index contributed by atoms with van der Waals surface area (Å²) in [6.07, 6.45) is 1.39. The number of carbonyl (C=O) groups is 2. The minimum atomic E-state index is -3.85. The highest BCUT2D eigenvalue weighted by molar-refractivity contribution is 7.92. The highest BCUT2D eigenvalue weighted by atomic mass is 35.5. The number of amides is 2. The van der Waals surface area contributed by atoms with Gasteiger partial charge in [-0.2, -0.15) is 0 Å². The number of sulfonamides is 1. The average Bonchev–Trinajstić information content (AvgIpc) is 2.81. The van der Waals surface area contributed by atoms with Crippen molar-refractivity contribution in [2.75, 3.05) is 30.8 Å². The van der Waals surface area contributed by atoms with Gasteiger partial charge in [0.05, 0.1) is 24.1 Å². The number of aryl methyl sites for hydroxylation is 1. The van der Waals surface area contributed by atoms with E-state index in [0.29, 0.717) is 18.7 Å². The van der Waals surface area contributed by atoms with E-state index in [4.69, 9.17) is 16.3 Å². The molecule has 0 saturated carbocycles. The predicted octanol–water partition coefficient (Wildman–Crippen LogP) is 4.00. The Kier molecular flexibility index (Phi) is 10.6. The van der Waals surface area contributed by atoms with Crippen LogP contribution >= 0.6 is 11.6 Å². The van der Waals surface area contributed by atoms with Gasteiger partial charge in [0, 0.05) is 13.1 Å². The van der Waals surface area contributed by atoms with Crippen molar-refractivity contribution < 1.29 is 22.7 Å². The van der Waals surface area contributed by atoms with Crippen LogP contribution in [0.5, 0.6) is 5.75 Å². The van der Waals surface area contributed by atoms with Crippen LogP contribution in [-0.4, -0.2) is 57.6 Å². The zero-order chi connectivity index (χ0) is 27.0. The third-order valence-electron chi connectivity index (χ3n) is 5.65. The number of hydrogen-bond donors (Lipinski definition) is 1. The minimum Gasteiger partial charge on any atom is -0.495 e. The molecule has 1 N–H and O–H groups in total. The summed E-state index contributed by atoms with van der Waals surface area (Å²) in [5.41, 5.74) is 2.13. The Bertz CT molecular complexity index is 1150. The van der Waals surface area contributed by atoms with Crippen molar-refractivity contribution in [1.82, 2.24) is 10.2 Å². The second-order valence-corrected chi connectivity index (χ2v) is 11.5. The molecule has 0 radical (unpaired) electrons. The van der Waals surface area contributed by atoms with Crippen molar-refractivity contribution in [3.05, 3.63) is 58.6 Å². The number of hydrogen-bond acceptors (Lipinski definition) is 5. The van der Waals surface area contributed by atoms with Crippen LogP contribution in [0.25, 0.3) is 0 Å². The summed E-state index contributed by atoms with van der Waals surface area (Å²) in [7, 11) is -2.39. The number of halogens is 1. The molecule has 0 spiro atoms. The molecule has 0 bridgehead atoms. The third-order valence-corrected chi connectivity index (χ3v) is 7.08. The first-order chi connectivity index (χ1) is 16.9. The normalized spacial score (nSPS) is 12.2. The van der Waals surface area contributed by atoms with E-state index in [2.05, 4.69) is 5.32 Å². The molecule has 10 heteroatoms. The number of nitrogens with zero attached hydrogens (tertiary/aromatic N) is 2. The molecule has 0 fully saturated rings. The van der Waals surface area contributed by atoms with Gasteiger partial charge in [-0.15, -0.1) is 0 Å². The lowest BCUT2D eigenvalue weighted by Crippen LogP contribution is -2.52. The highest BCUT2D eigenvalue weighted by Gasteiger charge is 2.32. The summed E-state index contributed by atoms with van der Waals surface area (Å²) in [5, 5.41) is 3.12. The number of rotatable bonds is 12. The van der Waals surface area contributed by atoms with Gasteiger partial charge in [0.25, 0.3) is 0 Å². The van der Waals surface area contributed by atoms with Crippen LogP contribution in [0, 0.1) is 12.8 Å². The maximum absolute atomic E-state index is 13.7. The van der Waals surface area contributed by atoms with Crippen LogP contribution in [0.4, 0.5) is 5.69 Å². The number of methoxy groups -OCH3 is 1. The van der Waals surface area contributed by atoms with Crippen molar-refractivity contribution in [2.45, 2.75) is 46.7 Å². The highest BCUT2D eigenvalue weighted by Crippen LogP contribution is 2.30. The zero-order valence-electron chi connectivity index (χ0n) is 21.7. The Labute approximate surface area is 219 Å². The second-order valence-electron chi connectivity index (χ2n) is 9.16. The number of ether oxygens (including phenoxy) is 1. The van der Waals surface area contributed by atoms with E-state index in [-0.39, 0.29) is 29.1 Å². The molecule has 2 amide bonds. The largest absolute Gasteiger partial charge is 0.495 e. The average molecular weight is 538 g/mol. The number of carbonyl (C=O) groups excluding carboxylic acids is 2. The van der Waals surface area contributed by atoms with E-state index in [1.54, 1.807) is 6.07 Å². The first kappa shape index (κ1) is 29.5. The number of anilines is 1. The summed E-state index contributed by atoms with van der Waals surface area (Å²) >= 11 is 6.22. The topological polar surface area (TPSA) is 96.0 Å². The van der Waals surface area contributed by atoms with Crippen LogP contribution in [0.15, 0.2) is 42.5 Å². The maximum atomic E-state index is 13.7. The molecular weight excluding hydrogens is 502 g/mol. The lowest BCUT2D eigenvalue weighted by atomic mass is 10.1. The molecule has 0 aliphatic carbocycles. The zero-order valence-corrected chi connectivity index (χ0v) is 23.3. The van der Waals surface area contributed by atoms with Crippen LogP contribution < -0.4 is 14.4 Å². The van der Waals surface area contributed by atoms with Gasteiger partial charge >= 0.3 is 0 Å². The van der Waals surface area contributed by atoms with Gasteiger partial charge in [-0.3, -0.25) is 13.9 Å². The second kappa shape index (κ2) is 13.0. The van der Waals surface area contributed by atoms with Gasteiger partial charge in [0.1, 0.15) is 18.3 Å². The molecule has 0 aromatic heterocycles. The fraction of sp³-hybridized carbons (Fsp3) is 0.462. The van der Waals surface area contributed by atoms with Crippen molar-refractivity contribution in [2.24, 2.45) is 5.92 Å². The molecule has 36 heavy (non-hydrogen) atoms. The monoisotopic (exact) mass is 537 g/mol. The summed E-state index contributed by atoms with van der Waals surface area (Å²) in [5.74, 6) is -0.146. The Balaban J connectivity index is 2.44. The van der Waals surface area contributed by atoms with Crippen molar-refractivity contribution in [3.63, 3.8) is 0 Å². The molecule has 2 aromatic rings. The lowest BCUT2D eigenvalue weighted by molar-refractivity contribution is -0.140. The quantitative estimate of drug-likeness (QED) is 0.441. The number of benzene rings is 2. The molecule has 0 saturated heterocycles. The van der Waals surface area contributed by atoms with Crippen LogP contribution in [0.1, 0.15) is 38.3 Å². The van der Waals surface area contributed by atoms with E-state index in [1.807, 2.05) is 52.0 Å². The minimum absolute atomic E-state index is 0.160. The first-order valence-corrected chi connectivity index (χ1v) is 14.0. The Hall–Kier alpha value is -2.78. The lowest BCUT2D eigenvalue weighted by Gasteiger charge is -2.33. The molecule has 198 valence electrons. The van der Waals surface area contributed by atoms with Crippen molar-refractivity contribution in [1.29, 1.82) is 0 Å². The van der Waals surface area contributed by atoms with Gasteiger partial charge in [-0.25, -0.2) is 8.42 Å². The van der Waals surface area contributed by atoms with Gasteiger partial charge in [-0.05, 0) is 43.0 Å². The summed E-state index contributed by atoms with van der Waals surface area (Å²) < 4.78 is 31.5. The van der Waals surface area contributed by atoms with Gasteiger partial charge in [0.15, 0.2) is 0 Å². The fourth-order valence-electron chi connectivity index (χ4n) is 3.66. The Morgan fingerprint density at radius 1 is 1.11 bits per heavy atom. The third kappa shape index (κ3) is 8.13. The summed E-state index contributed by atoms with van der Waals surface area (Å²) in [6, 6.07) is 11.4. The standard InChI is InChI=1S/C26H36ClN3O5S/c1-7-23(26(32)28-15-18(2)3)29(16-20-10-8-19(4)9-11-20)25(31)17-30(36(6,33)34)21-12-13-24(35-5)22(27)14-21/h8-14,18,23H,7,15-17H2,1-6H3,(H,28,32). The van der Waals surface area contributed by atoms with E-state index in [0.717, 1.165) is 21.7 Å². The molecular formula is C26H36ClN3O5S. The SMILES string of the molecule is CCC(C(=O)NCC(C)C)N(Cc1ccc(C)cc1)C(=O)CN(c1ccc(OC)c(Cl)c1)S(C)(=O)=O. The number of nitrogens with one attached hydrogen (secondary N) is 1. The van der Waals surface area contributed by atoms with Crippen LogP contribution in [-0.2, 0) is 26.2 Å². The first-order valence-electron chi connectivity index (χ1n) is 11.8. The molecule has 2 rings (SSSR count). The van der Waals surface area contributed by atoms with E-state index in [9.17, 15) is 18.0 Å². The summed E-state index contributed by atoms with van der Waals surface area (Å²) in [6.45, 7) is 7.91. The van der Waals surface area contributed by atoms with Crippen LogP contribution in [0.3, 0.4) is 0 Å². The van der Waals surface area contributed by atoms with E-state index in [1.165, 1.54) is 24.1 Å². The smallest absolute Gasteiger partial charge is 0.244 e. The molecule has 0 aliphatic rings. The molecule has 1 unspecified atom stereocenters. The van der Waals surface area contributed by atoms with E-state index >= 15 is 0 Å². The maximum Gasteiger partial charge on any atom is 0.244 e. The summed E-state index contributed by atoms with van der Waals surface area (Å²) in [4.78, 5) is 28.2. The molecule has 1 atom stereocenters. The Morgan fingerprint density at radius 2 is 1.75 bits per heavy atom. The van der Waals surface area contributed by atoms with Crippen molar-refractivity contribution >= 4 is 39.1 Å². The predicted molar refractivity (Wildman–Crippen MR) is 144 cm³/mol. The molecule has 2 aromatic carbocycles. The fourth-order valence-corrected chi connectivity index (χ4v) is 4.75.